The van der Waals surface area contributed by atoms with Crippen molar-refractivity contribution < 1.29 is 9.84 Å². The minimum Gasteiger partial charge on any atom is -0.497 e. The first-order chi connectivity index (χ1) is 11.0. The van der Waals surface area contributed by atoms with Gasteiger partial charge in [-0.05, 0) is 17.7 Å². The molecule has 0 spiro atoms. The lowest BCUT2D eigenvalue weighted by molar-refractivity contribution is 0.359. The van der Waals surface area contributed by atoms with Crippen molar-refractivity contribution in [1.82, 2.24) is 9.36 Å². The monoisotopic (exact) mass is 336 g/mol. The molecule has 0 radical (unpaired) electrons. The summed E-state index contributed by atoms with van der Waals surface area (Å²) in [6, 6.07) is 7.53. The number of anilines is 2. The van der Waals surface area contributed by atoms with E-state index in [0.717, 1.165) is 11.3 Å². The molecule has 124 valence electrons. The van der Waals surface area contributed by atoms with Gasteiger partial charge in [-0.25, -0.2) is 4.68 Å². The predicted octanol–water partition coefficient (Wildman–Crippen LogP) is 1.02. The van der Waals surface area contributed by atoms with Crippen LogP contribution in [0, 0.1) is 0 Å². The molecule has 0 unspecified atom stereocenters. The topological polar surface area (TPSA) is 80.4 Å². The Labute approximate surface area is 139 Å². The van der Waals surface area contributed by atoms with E-state index in [1.807, 2.05) is 24.3 Å². The highest BCUT2D eigenvalue weighted by atomic mass is 32.1. The largest absolute Gasteiger partial charge is 0.497 e. The average Bonchev–Trinajstić information content (AvgIpc) is 2.78. The van der Waals surface area contributed by atoms with Gasteiger partial charge in [0.2, 0.25) is 0 Å². The third-order valence-corrected chi connectivity index (χ3v) is 3.72. The van der Waals surface area contributed by atoms with Gasteiger partial charge in [0, 0.05) is 14.1 Å². The standard InChI is InChI=1S/C15H20N4O3S/c1-16-13-14(17-12(23)9-20)18(2)19(15(13)21)8-10-5-4-6-11(7-10)22-3/h4-7,16,20H,8-9H2,1-3H3,(H,17,23). The Balaban J connectivity index is 2.42. The van der Waals surface area contributed by atoms with E-state index in [4.69, 9.17) is 22.1 Å². The van der Waals surface area contributed by atoms with Crippen LogP contribution in [0.3, 0.4) is 0 Å². The number of aliphatic hydroxyl groups is 1. The Morgan fingerprint density at radius 1 is 1.43 bits per heavy atom. The molecule has 0 amide bonds. The van der Waals surface area contributed by atoms with Gasteiger partial charge in [-0.1, -0.05) is 24.4 Å². The maximum absolute atomic E-state index is 12.6. The molecule has 23 heavy (non-hydrogen) atoms. The Hall–Kier alpha value is -2.32. The molecule has 0 aliphatic heterocycles. The molecule has 7 nitrogen and oxygen atoms in total. The number of thiocarbonyl (C=S) groups is 1. The minimum atomic E-state index is -0.284. The van der Waals surface area contributed by atoms with Gasteiger partial charge < -0.3 is 20.5 Å². The first kappa shape index (κ1) is 17.0. The molecule has 1 heterocycles. The summed E-state index contributed by atoms with van der Waals surface area (Å²) >= 11 is 4.99. The molecule has 3 N–H and O–H groups in total. The quantitative estimate of drug-likeness (QED) is 0.684. The zero-order chi connectivity index (χ0) is 17.0. The van der Waals surface area contributed by atoms with Gasteiger partial charge in [-0.15, -0.1) is 0 Å². The Morgan fingerprint density at radius 3 is 2.78 bits per heavy atom. The molecule has 0 saturated carbocycles. The van der Waals surface area contributed by atoms with E-state index in [1.165, 1.54) is 0 Å². The van der Waals surface area contributed by atoms with Gasteiger partial charge in [0.25, 0.3) is 5.56 Å². The fourth-order valence-corrected chi connectivity index (χ4v) is 2.41. The maximum Gasteiger partial charge on any atom is 0.292 e. The number of aromatic nitrogens is 2. The fourth-order valence-electron chi connectivity index (χ4n) is 2.31. The Morgan fingerprint density at radius 2 is 2.17 bits per heavy atom. The number of methoxy groups -OCH3 is 1. The summed E-state index contributed by atoms with van der Waals surface area (Å²) in [4.78, 5) is 12.8. The third kappa shape index (κ3) is 3.54. The smallest absolute Gasteiger partial charge is 0.292 e. The van der Waals surface area contributed by atoms with Crippen LogP contribution in [-0.2, 0) is 13.6 Å². The first-order valence-electron chi connectivity index (χ1n) is 7.03. The average molecular weight is 336 g/mol. The molecule has 8 heteroatoms. The highest BCUT2D eigenvalue weighted by molar-refractivity contribution is 7.80. The van der Waals surface area contributed by atoms with E-state index in [9.17, 15) is 4.79 Å². The van der Waals surface area contributed by atoms with E-state index in [1.54, 1.807) is 30.6 Å². The summed E-state index contributed by atoms with van der Waals surface area (Å²) in [5, 5.41) is 14.9. The van der Waals surface area contributed by atoms with Crippen molar-refractivity contribution in [3.63, 3.8) is 0 Å². The minimum absolute atomic E-state index is 0.180. The lowest BCUT2D eigenvalue weighted by Gasteiger charge is -2.12. The Kier molecular flexibility index (Phi) is 5.41. The van der Waals surface area contributed by atoms with E-state index in [-0.39, 0.29) is 17.2 Å². The van der Waals surface area contributed by atoms with Crippen LogP contribution < -0.4 is 20.9 Å². The van der Waals surface area contributed by atoms with E-state index in [2.05, 4.69) is 10.6 Å². The van der Waals surface area contributed by atoms with Crippen molar-refractivity contribution in [2.75, 3.05) is 31.4 Å². The van der Waals surface area contributed by atoms with Gasteiger partial charge in [0.05, 0.1) is 20.3 Å². The number of rotatable bonds is 6. The summed E-state index contributed by atoms with van der Waals surface area (Å²) in [6.45, 7) is 0.0997. The van der Waals surface area contributed by atoms with Crippen molar-refractivity contribution in [2.45, 2.75) is 6.54 Å². The van der Waals surface area contributed by atoms with Crippen LogP contribution in [0.4, 0.5) is 11.5 Å². The van der Waals surface area contributed by atoms with Crippen LogP contribution in [0.25, 0.3) is 0 Å². The summed E-state index contributed by atoms with van der Waals surface area (Å²) in [5.74, 6) is 1.25. The van der Waals surface area contributed by atoms with Crippen molar-refractivity contribution in [2.24, 2.45) is 7.05 Å². The van der Waals surface area contributed by atoms with Gasteiger partial charge in [-0.3, -0.25) is 9.48 Å². The number of benzene rings is 1. The van der Waals surface area contributed by atoms with Crippen LogP contribution in [0.5, 0.6) is 5.75 Å². The Bertz CT molecular complexity index is 767. The lowest BCUT2D eigenvalue weighted by Crippen LogP contribution is -2.23. The van der Waals surface area contributed by atoms with Crippen LogP contribution in [0.15, 0.2) is 29.1 Å². The zero-order valence-corrected chi connectivity index (χ0v) is 14.1. The molecule has 0 aliphatic rings. The number of nitrogens with one attached hydrogen (secondary N) is 2. The van der Waals surface area contributed by atoms with Crippen LogP contribution in [0.1, 0.15) is 5.56 Å². The maximum atomic E-state index is 12.6. The second kappa shape index (κ2) is 7.30. The molecular formula is C15H20N4O3S. The normalized spacial score (nSPS) is 10.4. The lowest BCUT2D eigenvalue weighted by atomic mass is 10.2. The summed E-state index contributed by atoms with van der Waals surface area (Å²) in [5.41, 5.74) is 1.15. The van der Waals surface area contributed by atoms with Crippen LogP contribution >= 0.6 is 12.2 Å². The second-order valence-electron chi connectivity index (χ2n) is 4.92. The van der Waals surface area contributed by atoms with Crippen LogP contribution in [-0.4, -0.2) is 40.2 Å². The fraction of sp³-hybridized carbons (Fsp3) is 0.333. The van der Waals surface area contributed by atoms with E-state index in [0.29, 0.717) is 18.1 Å². The SMILES string of the molecule is CNc1c(NC(=S)CO)n(C)n(Cc2cccc(OC)c2)c1=O. The predicted molar refractivity (Wildman–Crippen MR) is 94.6 cm³/mol. The molecular weight excluding hydrogens is 316 g/mol. The highest BCUT2D eigenvalue weighted by Crippen LogP contribution is 2.19. The van der Waals surface area contributed by atoms with Gasteiger partial charge in [0.15, 0.2) is 5.82 Å². The van der Waals surface area contributed by atoms with Crippen LogP contribution in [0.2, 0.25) is 0 Å². The molecule has 0 aliphatic carbocycles. The zero-order valence-electron chi connectivity index (χ0n) is 13.3. The molecule has 0 saturated heterocycles. The first-order valence-corrected chi connectivity index (χ1v) is 7.43. The van der Waals surface area contributed by atoms with Crippen molar-refractivity contribution in [3.8, 4) is 5.75 Å². The number of hydrogen-bond donors (Lipinski definition) is 3. The van der Waals surface area contributed by atoms with E-state index >= 15 is 0 Å². The second-order valence-corrected chi connectivity index (χ2v) is 5.41. The summed E-state index contributed by atoms with van der Waals surface area (Å²) < 4.78 is 8.46. The van der Waals surface area contributed by atoms with Crippen molar-refractivity contribution >= 4 is 28.7 Å². The van der Waals surface area contributed by atoms with Crippen molar-refractivity contribution in [3.05, 3.63) is 40.2 Å². The summed E-state index contributed by atoms with van der Waals surface area (Å²) in [6.07, 6.45) is 0. The molecule has 0 atom stereocenters. The molecule has 0 fully saturated rings. The third-order valence-electron chi connectivity index (χ3n) is 3.49. The number of nitrogens with zero attached hydrogens (tertiary/aromatic N) is 2. The van der Waals surface area contributed by atoms with Crippen molar-refractivity contribution in [1.29, 1.82) is 0 Å². The molecule has 1 aromatic heterocycles. The highest BCUT2D eigenvalue weighted by Gasteiger charge is 2.18. The number of hydrogen-bond acceptors (Lipinski definition) is 5. The van der Waals surface area contributed by atoms with Gasteiger partial charge in [-0.2, -0.15) is 0 Å². The molecule has 2 rings (SSSR count). The summed E-state index contributed by atoms with van der Waals surface area (Å²) in [7, 11) is 5.02. The molecule has 0 bridgehead atoms. The van der Waals surface area contributed by atoms with Gasteiger partial charge >= 0.3 is 0 Å². The van der Waals surface area contributed by atoms with E-state index < -0.39 is 0 Å². The molecule has 2 aromatic rings. The number of aliphatic hydroxyl groups excluding tert-OH is 1. The number of ether oxygens (including phenoxy) is 1. The van der Waals surface area contributed by atoms with Gasteiger partial charge in [0.1, 0.15) is 16.4 Å². The molecule has 1 aromatic carbocycles.